The summed E-state index contributed by atoms with van der Waals surface area (Å²) in [7, 11) is 3.37. The number of nitrogens with one attached hydrogen (secondary N) is 2. The van der Waals surface area contributed by atoms with Crippen molar-refractivity contribution >= 4 is 5.91 Å². The summed E-state index contributed by atoms with van der Waals surface area (Å²) >= 11 is 0. The molecule has 4 heteroatoms. The number of hydrogen-bond donors (Lipinski definition) is 2. The summed E-state index contributed by atoms with van der Waals surface area (Å²) in [6, 6.07) is 7.99. The number of methoxy groups -OCH3 is 1. The molecule has 0 bridgehead atoms. The molecule has 0 aromatic heterocycles. The molecule has 0 atom stereocenters. The van der Waals surface area contributed by atoms with Crippen LogP contribution in [0.1, 0.15) is 24.8 Å². The van der Waals surface area contributed by atoms with Gasteiger partial charge in [-0.1, -0.05) is 18.2 Å². The number of unbranched alkanes of at least 4 members (excludes halogenated alkanes) is 1. The molecule has 0 fully saturated rings. The lowest BCUT2D eigenvalue weighted by atomic mass is 10.1. The van der Waals surface area contributed by atoms with Gasteiger partial charge in [-0.25, -0.2) is 5.43 Å². The number of hydrogen-bond acceptors (Lipinski definition) is 3. The highest BCUT2D eigenvalue weighted by atomic mass is 16.5. The van der Waals surface area contributed by atoms with E-state index >= 15 is 0 Å². The van der Waals surface area contributed by atoms with Crippen molar-refractivity contribution in [3.8, 4) is 5.75 Å². The van der Waals surface area contributed by atoms with E-state index in [2.05, 4.69) is 16.9 Å². The number of rotatable bonds is 7. The summed E-state index contributed by atoms with van der Waals surface area (Å²) in [5, 5.41) is 0. The SMILES string of the molecule is CNNC(=O)CCCCc1ccccc1OC. The van der Waals surface area contributed by atoms with Gasteiger partial charge in [0.25, 0.3) is 0 Å². The number of carbonyl (C=O) groups excluding carboxylic acids is 1. The molecule has 0 saturated carbocycles. The molecule has 1 aromatic rings. The Hall–Kier alpha value is -1.55. The number of hydrazine groups is 1. The molecule has 1 aromatic carbocycles. The van der Waals surface area contributed by atoms with Crippen LogP contribution < -0.4 is 15.6 Å². The molecule has 17 heavy (non-hydrogen) atoms. The average Bonchev–Trinajstić information content (AvgIpc) is 2.35. The summed E-state index contributed by atoms with van der Waals surface area (Å²) in [4.78, 5) is 11.2. The molecule has 1 rings (SSSR count). The lowest BCUT2D eigenvalue weighted by molar-refractivity contribution is -0.122. The molecule has 0 aliphatic carbocycles. The second kappa shape index (κ2) is 7.68. The number of benzene rings is 1. The molecule has 0 unspecified atom stereocenters. The zero-order valence-corrected chi connectivity index (χ0v) is 10.5. The summed E-state index contributed by atoms with van der Waals surface area (Å²) in [6.45, 7) is 0. The first-order valence-electron chi connectivity index (χ1n) is 5.85. The largest absolute Gasteiger partial charge is 0.496 e. The van der Waals surface area contributed by atoms with Crippen molar-refractivity contribution in [1.82, 2.24) is 10.9 Å². The summed E-state index contributed by atoms with van der Waals surface area (Å²) in [5.41, 5.74) is 6.38. The second-order valence-electron chi connectivity index (χ2n) is 3.82. The Kier molecular flexibility index (Phi) is 6.10. The highest BCUT2D eigenvalue weighted by Gasteiger charge is 2.03. The van der Waals surface area contributed by atoms with Crippen LogP contribution >= 0.6 is 0 Å². The monoisotopic (exact) mass is 236 g/mol. The van der Waals surface area contributed by atoms with E-state index in [0.717, 1.165) is 25.0 Å². The van der Waals surface area contributed by atoms with Gasteiger partial charge in [-0.3, -0.25) is 10.2 Å². The predicted molar refractivity (Wildman–Crippen MR) is 67.8 cm³/mol. The van der Waals surface area contributed by atoms with E-state index in [9.17, 15) is 4.79 Å². The Morgan fingerprint density at radius 1 is 1.29 bits per heavy atom. The summed E-state index contributed by atoms with van der Waals surface area (Å²) in [5.74, 6) is 0.958. The van der Waals surface area contributed by atoms with Crippen molar-refractivity contribution < 1.29 is 9.53 Å². The van der Waals surface area contributed by atoms with Crippen molar-refractivity contribution in [2.45, 2.75) is 25.7 Å². The quantitative estimate of drug-likeness (QED) is 0.559. The topological polar surface area (TPSA) is 50.4 Å². The first-order valence-corrected chi connectivity index (χ1v) is 5.85. The van der Waals surface area contributed by atoms with Gasteiger partial charge in [-0.2, -0.15) is 0 Å². The number of aryl methyl sites for hydroxylation is 1. The van der Waals surface area contributed by atoms with Gasteiger partial charge in [0.15, 0.2) is 0 Å². The van der Waals surface area contributed by atoms with Crippen LogP contribution in [0, 0.1) is 0 Å². The predicted octanol–water partition coefficient (Wildman–Crippen LogP) is 1.66. The van der Waals surface area contributed by atoms with E-state index in [1.54, 1.807) is 14.2 Å². The van der Waals surface area contributed by atoms with Gasteiger partial charge in [0, 0.05) is 13.5 Å². The van der Waals surface area contributed by atoms with Gasteiger partial charge < -0.3 is 4.74 Å². The van der Waals surface area contributed by atoms with Crippen LogP contribution in [0.4, 0.5) is 0 Å². The Bertz CT molecular complexity index is 353. The molecule has 0 heterocycles. The van der Waals surface area contributed by atoms with Gasteiger partial charge in [-0.15, -0.1) is 0 Å². The number of para-hydroxylation sites is 1. The average molecular weight is 236 g/mol. The lowest BCUT2D eigenvalue weighted by Gasteiger charge is -2.07. The zero-order chi connectivity index (χ0) is 12.5. The Labute approximate surface area is 102 Å². The normalized spacial score (nSPS) is 10.0. The maximum absolute atomic E-state index is 11.2. The smallest absolute Gasteiger partial charge is 0.234 e. The second-order valence-corrected chi connectivity index (χ2v) is 3.82. The third kappa shape index (κ3) is 4.87. The number of amides is 1. The van der Waals surface area contributed by atoms with Crippen LogP contribution in [0.15, 0.2) is 24.3 Å². The summed E-state index contributed by atoms with van der Waals surface area (Å²) < 4.78 is 5.27. The maximum Gasteiger partial charge on any atom is 0.234 e. The molecule has 0 aliphatic rings. The van der Waals surface area contributed by atoms with E-state index in [-0.39, 0.29) is 5.91 Å². The Morgan fingerprint density at radius 3 is 2.76 bits per heavy atom. The Balaban J connectivity index is 2.28. The van der Waals surface area contributed by atoms with Crippen molar-refractivity contribution in [1.29, 1.82) is 0 Å². The molecule has 0 aliphatic heterocycles. The van der Waals surface area contributed by atoms with Crippen LogP contribution in [0.2, 0.25) is 0 Å². The minimum absolute atomic E-state index is 0.0347. The minimum Gasteiger partial charge on any atom is -0.496 e. The molecule has 94 valence electrons. The third-order valence-electron chi connectivity index (χ3n) is 2.56. The fraction of sp³-hybridized carbons (Fsp3) is 0.462. The highest BCUT2D eigenvalue weighted by Crippen LogP contribution is 2.19. The van der Waals surface area contributed by atoms with Crippen LogP contribution in [0.25, 0.3) is 0 Å². The molecule has 4 nitrogen and oxygen atoms in total. The summed E-state index contributed by atoms with van der Waals surface area (Å²) in [6.07, 6.45) is 3.36. The number of ether oxygens (including phenoxy) is 1. The Morgan fingerprint density at radius 2 is 2.06 bits per heavy atom. The van der Waals surface area contributed by atoms with E-state index in [4.69, 9.17) is 4.74 Å². The molecular weight excluding hydrogens is 216 g/mol. The first-order chi connectivity index (χ1) is 8.27. The van der Waals surface area contributed by atoms with Crippen LogP contribution in [-0.2, 0) is 11.2 Å². The van der Waals surface area contributed by atoms with Crippen molar-refractivity contribution in [3.05, 3.63) is 29.8 Å². The molecule has 0 saturated heterocycles. The first kappa shape index (κ1) is 13.5. The molecular formula is C13H20N2O2. The maximum atomic E-state index is 11.2. The molecule has 0 radical (unpaired) electrons. The van der Waals surface area contributed by atoms with E-state index < -0.39 is 0 Å². The standard InChI is InChI=1S/C13H20N2O2/c1-14-15-13(16)10-6-4-8-11-7-3-5-9-12(11)17-2/h3,5,7,9,14H,4,6,8,10H2,1-2H3,(H,15,16). The highest BCUT2D eigenvalue weighted by molar-refractivity contribution is 5.75. The van der Waals surface area contributed by atoms with Gasteiger partial charge in [0.2, 0.25) is 5.91 Å². The van der Waals surface area contributed by atoms with Crippen molar-refractivity contribution in [2.75, 3.05) is 14.2 Å². The fourth-order valence-electron chi connectivity index (χ4n) is 1.71. The van der Waals surface area contributed by atoms with Gasteiger partial charge in [0.1, 0.15) is 5.75 Å². The molecule has 0 spiro atoms. The van der Waals surface area contributed by atoms with Crippen LogP contribution in [0.5, 0.6) is 5.75 Å². The van der Waals surface area contributed by atoms with Gasteiger partial charge in [0.05, 0.1) is 7.11 Å². The lowest BCUT2D eigenvalue weighted by Crippen LogP contribution is -2.33. The van der Waals surface area contributed by atoms with Gasteiger partial charge >= 0.3 is 0 Å². The molecule has 2 N–H and O–H groups in total. The van der Waals surface area contributed by atoms with Crippen molar-refractivity contribution in [3.63, 3.8) is 0 Å². The minimum atomic E-state index is 0.0347. The third-order valence-corrected chi connectivity index (χ3v) is 2.56. The van der Waals surface area contributed by atoms with Gasteiger partial charge in [-0.05, 0) is 30.9 Å². The number of carbonyl (C=O) groups is 1. The van der Waals surface area contributed by atoms with E-state index in [1.807, 2.05) is 18.2 Å². The zero-order valence-electron chi connectivity index (χ0n) is 10.5. The van der Waals surface area contributed by atoms with Crippen LogP contribution in [-0.4, -0.2) is 20.1 Å². The van der Waals surface area contributed by atoms with E-state index in [0.29, 0.717) is 6.42 Å². The molecule has 1 amide bonds. The van der Waals surface area contributed by atoms with E-state index in [1.165, 1.54) is 5.56 Å². The van der Waals surface area contributed by atoms with Crippen LogP contribution in [0.3, 0.4) is 0 Å². The van der Waals surface area contributed by atoms with Crippen molar-refractivity contribution in [2.24, 2.45) is 0 Å². The fourth-order valence-corrected chi connectivity index (χ4v) is 1.71.